The van der Waals surface area contributed by atoms with Crippen LogP contribution in [-0.2, 0) is 16.3 Å². The number of rotatable bonds is 6. The molecule has 0 aliphatic rings. The van der Waals surface area contributed by atoms with Crippen LogP contribution in [0.25, 0.3) is 0 Å². The van der Waals surface area contributed by atoms with Crippen molar-refractivity contribution in [2.45, 2.75) is 36.6 Å². The van der Waals surface area contributed by atoms with Crippen LogP contribution < -0.4 is 5.32 Å². The number of nitrogens with zero attached hydrogens (tertiary/aromatic N) is 2. The SMILES string of the molecule is CC(C)c1noc(CCNc2ccc(F)cc2S(=O)(=O)C(F)(F)F)n1. The molecule has 1 heterocycles. The minimum atomic E-state index is -5.69. The molecular weight excluding hydrogens is 366 g/mol. The number of sulfone groups is 1. The fourth-order valence-electron chi connectivity index (χ4n) is 1.90. The Morgan fingerprint density at radius 2 is 1.96 bits per heavy atom. The first-order valence-corrected chi connectivity index (χ1v) is 8.68. The van der Waals surface area contributed by atoms with E-state index in [-0.39, 0.29) is 30.5 Å². The summed E-state index contributed by atoms with van der Waals surface area (Å²) in [5, 5.41) is 6.27. The van der Waals surface area contributed by atoms with Crippen LogP contribution in [0.5, 0.6) is 0 Å². The van der Waals surface area contributed by atoms with Crippen LogP contribution in [0.3, 0.4) is 0 Å². The van der Waals surface area contributed by atoms with Crippen LogP contribution in [0.2, 0.25) is 0 Å². The molecule has 0 aliphatic carbocycles. The van der Waals surface area contributed by atoms with Gasteiger partial charge in [0, 0.05) is 18.9 Å². The summed E-state index contributed by atoms with van der Waals surface area (Å²) in [4.78, 5) is 2.92. The minimum absolute atomic E-state index is 0.0196. The van der Waals surface area contributed by atoms with Crippen molar-refractivity contribution in [3.05, 3.63) is 35.7 Å². The number of aromatic nitrogens is 2. The van der Waals surface area contributed by atoms with Gasteiger partial charge in [-0.2, -0.15) is 18.2 Å². The van der Waals surface area contributed by atoms with Crippen LogP contribution in [-0.4, -0.2) is 30.6 Å². The zero-order valence-electron chi connectivity index (χ0n) is 13.3. The Morgan fingerprint density at radius 3 is 2.52 bits per heavy atom. The summed E-state index contributed by atoms with van der Waals surface area (Å²) in [6, 6.07) is 2.12. The largest absolute Gasteiger partial charge is 0.501 e. The molecule has 6 nitrogen and oxygen atoms in total. The topological polar surface area (TPSA) is 85.1 Å². The molecule has 25 heavy (non-hydrogen) atoms. The average molecular weight is 381 g/mol. The second-order valence-corrected chi connectivity index (χ2v) is 7.38. The maximum atomic E-state index is 13.2. The molecule has 11 heteroatoms. The van der Waals surface area contributed by atoms with E-state index in [0.29, 0.717) is 11.9 Å². The van der Waals surface area contributed by atoms with E-state index in [1.165, 1.54) is 0 Å². The Balaban J connectivity index is 2.17. The Labute approximate surface area is 141 Å². The lowest BCUT2D eigenvalue weighted by Gasteiger charge is -2.14. The summed E-state index contributed by atoms with van der Waals surface area (Å²) in [5.74, 6) is -0.311. The summed E-state index contributed by atoms with van der Waals surface area (Å²) in [6.45, 7) is 3.74. The highest BCUT2D eigenvalue weighted by Gasteiger charge is 2.48. The van der Waals surface area contributed by atoms with E-state index in [4.69, 9.17) is 4.52 Å². The highest BCUT2D eigenvalue weighted by Crippen LogP contribution is 2.34. The van der Waals surface area contributed by atoms with Crippen LogP contribution in [0.15, 0.2) is 27.6 Å². The summed E-state index contributed by atoms with van der Waals surface area (Å²) in [6.07, 6.45) is 0.155. The second-order valence-electron chi connectivity index (χ2n) is 5.47. The number of halogens is 4. The molecule has 0 amide bonds. The van der Waals surface area contributed by atoms with E-state index in [0.717, 1.165) is 12.1 Å². The molecule has 0 bridgehead atoms. The van der Waals surface area contributed by atoms with E-state index in [2.05, 4.69) is 15.5 Å². The second kappa shape index (κ2) is 6.98. The van der Waals surface area contributed by atoms with Crippen molar-refractivity contribution >= 4 is 15.5 Å². The average Bonchev–Trinajstić information content (AvgIpc) is 2.96. The molecule has 0 saturated heterocycles. The maximum absolute atomic E-state index is 13.2. The van der Waals surface area contributed by atoms with Crippen molar-refractivity contribution in [2.24, 2.45) is 0 Å². The van der Waals surface area contributed by atoms with Crippen molar-refractivity contribution in [1.82, 2.24) is 10.1 Å². The highest BCUT2D eigenvalue weighted by atomic mass is 32.2. The Bertz CT molecular complexity index is 847. The lowest BCUT2D eigenvalue weighted by molar-refractivity contribution is -0.0435. The van der Waals surface area contributed by atoms with Gasteiger partial charge in [-0.1, -0.05) is 19.0 Å². The van der Waals surface area contributed by atoms with E-state index in [1.54, 1.807) is 0 Å². The lowest BCUT2D eigenvalue weighted by atomic mass is 10.2. The normalized spacial score (nSPS) is 12.6. The third kappa shape index (κ3) is 4.27. The van der Waals surface area contributed by atoms with Gasteiger partial charge in [0.05, 0.1) is 5.69 Å². The molecule has 0 spiro atoms. The molecule has 138 valence electrons. The summed E-state index contributed by atoms with van der Waals surface area (Å²) in [5.41, 5.74) is -5.89. The molecule has 2 aromatic rings. The number of benzene rings is 1. The smallest absolute Gasteiger partial charge is 0.383 e. The van der Waals surface area contributed by atoms with Crippen LogP contribution in [0.4, 0.5) is 23.2 Å². The van der Waals surface area contributed by atoms with Crippen LogP contribution in [0.1, 0.15) is 31.5 Å². The van der Waals surface area contributed by atoms with Gasteiger partial charge in [0.25, 0.3) is 9.84 Å². The first-order chi connectivity index (χ1) is 11.5. The maximum Gasteiger partial charge on any atom is 0.501 e. The quantitative estimate of drug-likeness (QED) is 0.773. The van der Waals surface area contributed by atoms with Gasteiger partial charge in [-0.05, 0) is 18.2 Å². The standard InChI is InChI=1S/C14H15F4N3O3S/c1-8(2)13-20-12(24-21-13)5-6-19-10-4-3-9(15)7-11(10)25(22,23)14(16,17)18/h3-4,7-8,19H,5-6H2,1-2H3. The zero-order valence-corrected chi connectivity index (χ0v) is 14.1. The highest BCUT2D eigenvalue weighted by molar-refractivity contribution is 7.92. The predicted molar refractivity (Wildman–Crippen MR) is 80.2 cm³/mol. The molecule has 0 fully saturated rings. The van der Waals surface area contributed by atoms with Crippen LogP contribution >= 0.6 is 0 Å². The summed E-state index contributed by atoms with van der Waals surface area (Å²) < 4.78 is 79.5. The van der Waals surface area contributed by atoms with Gasteiger partial charge in [-0.15, -0.1) is 0 Å². The number of anilines is 1. The van der Waals surface area contributed by atoms with Crippen molar-refractivity contribution in [2.75, 3.05) is 11.9 Å². The first-order valence-electron chi connectivity index (χ1n) is 7.19. The number of hydrogen-bond donors (Lipinski definition) is 1. The van der Waals surface area contributed by atoms with Gasteiger partial charge in [0.15, 0.2) is 5.82 Å². The van der Waals surface area contributed by atoms with Gasteiger partial charge in [0.1, 0.15) is 10.7 Å². The zero-order chi connectivity index (χ0) is 18.8. The van der Waals surface area contributed by atoms with Gasteiger partial charge in [-0.3, -0.25) is 0 Å². The molecule has 0 saturated carbocycles. The monoisotopic (exact) mass is 381 g/mol. The molecule has 0 aliphatic heterocycles. The van der Waals surface area contributed by atoms with Crippen molar-refractivity contribution in [1.29, 1.82) is 0 Å². The van der Waals surface area contributed by atoms with Crippen molar-refractivity contribution in [3.63, 3.8) is 0 Å². The summed E-state index contributed by atoms with van der Waals surface area (Å²) in [7, 11) is -5.69. The minimum Gasteiger partial charge on any atom is -0.383 e. The third-order valence-electron chi connectivity index (χ3n) is 3.19. The molecule has 2 rings (SSSR count). The molecule has 1 aromatic carbocycles. The Hall–Kier alpha value is -2.17. The molecule has 1 N–H and O–H groups in total. The van der Waals surface area contributed by atoms with E-state index >= 15 is 0 Å². The van der Waals surface area contributed by atoms with Gasteiger partial charge in [0.2, 0.25) is 5.89 Å². The molecule has 1 aromatic heterocycles. The molecular formula is C14H15F4N3O3S. The number of alkyl halides is 3. The third-order valence-corrected chi connectivity index (χ3v) is 4.72. The van der Waals surface area contributed by atoms with E-state index < -0.39 is 26.1 Å². The molecule has 0 radical (unpaired) electrons. The van der Waals surface area contributed by atoms with Crippen molar-refractivity contribution in [3.8, 4) is 0 Å². The van der Waals surface area contributed by atoms with Gasteiger partial charge < -0.3 is 9.84 Å². The molecule has 0 atom stereocenters. The lowest BCUT2D eigenvalue weighted by Crippen LogP contribution is -2.24. The number of hydrogen-bond acceptors (Lipinski definition) is 6. The fraction of sp³-hybridized carbons (Fsp3) is 0.429. The first kappa shape index (κ1) is 19.2. The molecule has 0 unspecified atom stereocenters. The number of nitrogens with one attached hydrogen (secondary N) is 1. The fourth-order valence-corrected chi connectivity index (χ4v) is 2.84. The summed E-state index contributed by atoms with van der Waals surface area (Å²) >= 11 is 0. The van der Waals surface area contributed by atoms with Crippen molar-refractivity contribution < 1.29 is 30.5 Å². The van der Waals surface area contributed by atoms with E-state index in [1.807, 2.05) is 13.8 Å². The Kier molecular flexibility index (Phi) is 5.35. The van der Waals surface area contributed by atoms with Crippen LogP contribution in [0, 0.1) is 5.82 Å². The van der Waals surface area contributed by atoms with Gasteiger partial charge >= 0.3 is 5.51 Å². The van der Waals surface area contributed by atoms with E-state index in [9.17, 15) is 26.0 Å². The predicted octanol–water partition coefficient (Wildman–Crippen LogP) is 3.28. The Morgan fingerprint density at radius 1 is 1.28 bits per heavy atom. The van der Waals surface area contributed by atoms with Gasteiger partial charge in [-0.25, -0.2) is 12.8 Å².